The highest BCUT2D eigenvalue weighted by Gasteiger charge is 2.39. The molecule has 1 fully saturated rings. The summed E-state index contributed by atoms with van der Waals surface area (Å²) in [5.74, 6) is 0.536. The molecule has 2 aromatic rings. The van der Waals surface area contributed by atoms with Crippen LogP contribution >= 0.6 is 0 Å². The molecule has 1 saturated carbocycles. The second-order valence-electron chi connectivity index (χ2n) is 5.15. The van der Waals surface area contributed by atoms with Gasteiger partial charge in [-0.05, 0) is 24.1 Å². The van der Waals surface area contributed by atoms with Crippen molar-refractivity contribution >= 4 is 11.6 Å². The number of benzene rings is 2. The van der Waals surface area contributed by atoms with Crippen LogP contribution in [0.3, 0.4) is 0 Å². The van der Waals surface area contributed by atoms with Gasteiger partial charge < -0.3 is 10.6 Å². The Morgan fingerprint density at radius 2 is 1.65 bits per heavy atom. The monoisotopic (exact) mass is 266 g/mol. The summed E-state index contributed by atoms with van der Waals surface area (Å²) >= 11 is 0. The van der Waals surface area contributed by atoms with Crippen LogP contribution in [0.25, 0.3) is 0 Å². The molecule has 2 unspecified atom stereocenters. The van der Waals surface area contributed by atoms with E-state index in [1.165, 1.54) is 5.56 Å². The number of amides is 1. The van der Waals surface area contributed by atoms with E-state index in [-0.39, 0.29) is 5.91 Å². The van der Waals surface area contributed by atoms with Crippen molar-refractivity contribution < 1.29 is 4.79 Å². The van der Waals surface area contributed by atoms with E-state index in [1.54, 1.807) is 0 Å². The quantitative estimate of drug-likeness (QED) is 0.873. The van der Waals surface area contributed by atoms with E-state index in [0.717, 1.165) is 12.1 Å². The van der Waals surface area contributed by atoms with E-state index in [1.807, 2.05) is 48.5 Å². The molecule has 3 nitrogen and oxygen atoms in total. The molecule has 0 saturated heterocycles. The van der Waals surface area contributed by atoms with Gasteiger partial charge in [0.1, 0.15) is 0 Å². The Bertz CT molecular complexity index is 568. The van der Waals surface area contributed by atoms with Crippen molar-refractivity contribution in [3.05, 3.63) is 66.2 Å². The number of para-hydroxylation sites is 1. The van der Waals surface area contributed by atoms with Crippen LogP contribution in [-0.4, -0.2) is 18.5 Å². The van der Waals surface area contributed by atoms with Crippen LogP contribution in [0.15, 0.2) is 60.7 Å². The smallest absolute Gasteiger partial charge is 0.239 e. The molecule has 20 heavy (non-hydrogen) atoms. The van der Waals surface area contributed by atoms with Crippen LogP contribution in [-0.2, 0) is 4.79 Å². The zero-order chi connectivity index (χ0) is 13.8. The molecular weight excluding hydrogens is 248 g/mol. The average Bonchev–Trinajstić information content (AvgIpc) is 3.26. The fraction of sp³-hybridized carbons (Fsp3) is 0.235. The summed E-state index contributed by atoms with van der Waals surface area (Å²) in [5, 5.41) is 6.19. The molecule has 102 valence electrons. The maximum Gasteiger partial charge on any atom is 0.239 e. The van der Waals surface area contributed by atoms with Crippen LogP contribution in [0.2, 0.25) is 0 Å². The first-order chi connectivity index (χ1) is 9.83. The Hall–Kier alpha value is -2.29. The number of hydrogen-bond donors (Lipinski definition) is 2. The van der Waals surface area contributed by atoms with Crippen molar-refractivity contribution in [2.45, 2.75) is 18.4 Å². The summed E-state index contributed by atoms with van der Waals surface area (Å²) < 4.78 is 0. The van der Waals surface area contributed by atoms with Gasteiger partial charge in [-0.25, -0.2) is 0 Å². The fourth-order valence-electron chi connectivity index (χ4n) is 2.42. The first-order valence-corrected chi connectivity index (χ1v) is 6.96. The van der Waals surface area contributed by atoms with Crippen LogP contribution in [0.1, 0.15) is 17.9 Å². The summed E-state index contributed by atoms with van der Waals surface area (Å²) in [7, 11) is 0. The molecule has 0 bridgehead atoms. The van der Waals surface area contributed by atoms with Crippen LogP contribution < -0.4 is 10.6 Å². The topological polar surface area (TPSA) is 41.1 Å². The summed E-state index contributed by atoms with van der Waals surface area (Å²) in [6.07, 6.45) is 1.04. The first kappa shape index (κ1) is 12.7. The summed E-state index contributed by atoms with van der Waals surface area (Å²) in [5.41, 5.74) is 2.28. The van der Waals surface area contributed by atoms with E-state index in [4.69, 9.17) is 0 Å². The predicted octanol–water partition coefficient (Wildman–Crippen LogP) is 2.77. The van der Waals surface area contributed by atoms with Crippen molar-refractivity contribution in [3.8, 4) is 0 Å². The van der Waals surface area contributed by atoms with Gasteiger partial charge in [0.05, 0.1) is 6.54 Å². The summed E-state index contributed by atoms with van der Waals surface area (Å²) in [6, 6.07) is 20.4. The molecule has 0 radical (unpaired) electrons. The van der Waals surface area contributed by atoms with Gasteiger partial charge in [0, 0.05) is 17.6 Å². The van der Waals surface area contributed by atoms with Crippen molar-refractivity contribution in [1.82, 2.24) is 5.32 Å². The molecule has 1 aliphatic rings. The number of nitrogens with one attached hydrogen (secondary N) is 2. The average molecular weight is 266 g/mol. The summed E-state index contributed by atoms with van der Waals surface area (Å²) in [4.78, 5) is 11.9. The minimum atomic E-state index is 0.0530. The van der Waals surface area contributed by atoms with Crippen molar-refractivity contribution in [3.63, 3.8) is 0 Å². The van der Waals surface area contributed by atoms with Crippen LogP contribution in [0, 0.1) is 0 Å². The zero-order valence-corrected chi connectivity index (χ0v) is 11.3. The lowest BCUT2D eigenvalue weighted by Gasteiger charge is -2.07. The molecule has 2 aromatic carbocycles. The van der Waals surface area contributed by atoms with Gasteiger partial charge in [-0.1, -0.05) is 48.5 Å². The predicted molar refractivity (Wildman–Crippen MR) is 80.7 cm³/mol. The van der Waals surface area contributed by atoms with Gasteiger partial charge in [0.25, 0.3) is 0 Å². The van der Waals surface area contributed by atoms with Gasteiger partial charge in [-0.2, -0.15) is 0 Å². The third kappa shape index (κ3) is 3.18. The number of carbonyl (C=O) groups excluding carboxylic acids is 1. The lowest BCUT2D eigenvalue weighted by Crippen LogP contribution is -2.32. The molecule has 2 atom stereocenters. The van der Waals surface area contributed by atoms with Gasteiger partial charge >= 0.3 is 0 Å². The largest absolute Gasteiger partial charge is 0.376 e. The summed E-state index contributed by atoms with van der Waals surface area (Å²) in [6.45, 7) is 0.321. The van der Waals surface area contributed by atoms with E-state index < -0.39 is 0 Å². The van der Waals surface area contributed by atoms with Crippen LogP contribution in [0.5, 0.6) is 0 Å². The SMILES string of the molecule is O=C(CNc1ccccc1)NC1CC1c1ccccc1. The molecule has 1 amide bonds. The Balaban J connectivity index is 1.45. The second kappa shape index (κ2) is 5.78. The number of carbonyl (C=O) groups is 1. The van der Waals surface area contributed by atoms with Gasteiger partial charge in [0.15, 0.2) is 0 Å². The molecule has 2 N–H and O–H groups in total. The van der Waals surface area contributed by atoms with E-state index in [9.17, 15) is 4.79 Å². The lowest BCUT2D eigenvalue weighted by atomic mass is 10.1. The number of anilines is 1. The lowest BCUT2D eigenvalue weighted by molar-refractivity contribution is -0.119. The van der Waals surface area contributed by atoms with E-state index in [2.05, 4.69) is 22.8 Å². The molecule has 1 aliphatic carbocycles. The fourth-order valence-corrected chi connectivity index (χ4v) is 2.42. The van der Waals surface area contributed by atoms with E-state index >= 15 is 0 Å². The Morgan fingerprint density at radius 1 is 1.00 bits per heavy atom. The molecule has 0 heterocycles. The van der Waals surface area contributed by atoms with Gasteiger partial charge in [-0.3, -0.25) is 4.79 Å². The molecule has 3 heteroatoms. The van der Waals surface area contributed by atoms with Gasteiger partial charge in [0.2, 0.25) is 5.91 Å². The van der Waals surface area contributed by atoms with Gasteiger partial charge in [-0.15, -0.1) is 0 Å². The highest BCUT2D eigenvalue weighted by molar-refractivity contribution is 5.81. The highest BCUT2D eigenvalue weighted by atomic mass is 16.2. The maximum atomic E-state index is 11.9. The molecule has 3 rings (SSSR count). The van der Waals surface area contributed by atoms with Crippen LogP contribution in [0.4, 0.5) is 5.69 Å². The molecule has 0 aliphatic heterocycles. The molecule has 0 aromatic heterocycles. The van der Waals surface area contributed by atoms with Crippen molar-refractivity contribution in [2.24, 2.45) is 0 Å². The van der Waals surface area contributed by atoms with E-state index in [0.29, 0.717) is 18.5 Å². The Labute approximate surface area is 119 Å². The third-order valence-corrected chi connectivity index (χ3v) is 3.59. The van der Waals surface area contributed by atoms with Crippen molar-refractivity contribution in [1.29, 1.82) is 0 Å². The molecular formula is C17H18N2O. The Kier molecular flexibility index (Phi) is 3.68. The highest BCUT2D eigenvalue weighted by Crippen LogP contribution is 2.40. The minimum Gasteiger partial charge on any atom is -0.376 e. The second-order valence-corrected chi connectivity index (χ2v) is 5.15. The number of hydrogen-bond acceptors (Lipinski definition) is 2. The minimum absolute atomic E-state index is 0.0530. The zero-order valence-electron chi connectivity index (χ0n) is 11.3. The van der Waals surface area contributed by atoms with Crippen molar-refractivity contribution in [2.75, 3.05) is 11.9 Å². The number of rotatable bonds is 5. The first-order valence-electron chi connectivity index (χ1n) is 6.96. The maximum absolute atomic E-state index is 11.9. The normalized spacial score (nSPS) is 20.2. The molecule has 0 spiro atoms. The third-order valence-electron chi connectivity index (χ3n) is 3.59. The Morgan fingerprint density at radius 3 is 2.35 bits per heavy atom. The standard InChI is InChI=1S/C17H18N2O/c20-17(12-18-14-9-5-2-6-10-14)19-16-11-15(16)13-7-3-1-4-8-13/h1-10,15-16,18H,11-12H2,(H,19,20).